The first-order valence-electron chi connectivity index (χ1n) is 10.6. The summed E-state index contributed by atoms with van der Waals surface area (Å²) in [5, 5.41) is 12.4. The predicted octanol–water partition coefficient (Wildman–Crippen LogP) is 5.30. The highest BCUT2D eigenvalue weighted by Gasteiger charge is 2.29. The molecule has 34 heavy (non-hydrogen) atoms. The number of anilines is 1. The predicted molar refractivity (Wildman–Crippen MR) is 134 cm³/mol. The van der Waals surface area contributed by atoms with E-state index in [9.17, 15) is 14.9 Å². The molecule has 172 valence electrons. The van der Waals surface area contributed by atoms with E-state index in [1.54, 1.807) is 30.3 Å². The van der Waals surface area contributed by atoms with Crippen molar-refractivity contribution < 1.29 is 14.1 Å². The molecule has 0 bridgehead atoms. The lowest BCUT2D eigenvalue weighted by molar-refractivity contribution is -0.384. The van der Waals surface area contributed by atoms with Gasteiger partial charge in [0, 0.05) is 60.7 Å². The molecule has 1 aromatic heterocycles. The molecule has 0 spiro atoms. The van der Waals surface area contributed by atoms with Crippen molar-refractivity contribution in [2.75, 3.05) is 31.1 Å². The Morgan fingerprint density at radius 3 is 2.50 bits per heavy atom. The smallest absolute Gasteiger partial charge is 0.286 e. The fourth-order valence-electron chi connectivity index (χ4n) is 3.83. The quantitative estimate of drug-likeness (QED) is 0.276. The van der Waals surface area contributed by atoms with Gasteiger partial charge in [0.05, 0.1) is 9.83 Å². The van der Waals surface area contributed by atoms with Gasteiger partial charge in [0.25, 0.3) is 11.6 Å². The molecule has 10 heteroatoms. The molecular formula is C24H19ClN4O4S. The lowest BCUT2D eigenvalue weighted by Gasteiger charge is -2.36. The summed E-state index contributed by atoms with van der Waals surface area (Å²) in [5.74, 6) is 0.681. The lowest BCUT2D eigenvalue weighted by atomic mass is 10.1. The molecule has 5 rings (SSSR count). The zero-order valence-corrected chi connectivity index (χ0v) is 19.5. The first-order valence-corrected chi connectivity index (χ1v) is 11.8. The van der Waals surface area contributed by atoms with E-state index in [2.05, 4.69) is 14.8 Å². The Labute approximate surface area is 204 Å². The number of halogens is 1. The van der Waals surface area contributed by atoms with Crippen molar-refractivity contribution in [1.82, 2.24) is 4.90 Å². The number of thioether (sulfide) groups is 1. The summed E-state index contributed by atoms with van der Waals surface area (Å²) in [6.07, 6.45) is 1.66. The number of hydrogen-bond donors (Lipinski definition) is 0. The van der Waals surface area contributed by atoms with Crippen molar-refractivity contribution in [3.8, 4) is 11.3 Å². The number of nitro benzene ring substituents is 1. The van der Waals surface area contributed by atoms with Gasteiger partial charge in [0.1, 0.15) is 11.5 Å². The molecule has 1 saturated heterocycles. The number of amides is 1. The first kappa shape index (κ1) is 22.2. The van der Waals surface area contributed by atoms with Gasteiger partial charge in [-0.15, -0.1) is 0 Å². The van der Waals surface area contributed by atoms with Gasteiger partial charge in [0.15, 0.2) is 5.17 Å². The summed E-state index contributed by atoms with van der Waals surface area (Å²) in [7, 11) is 0. The molecule has 1 amide bonds. The van der Waals surface area contributed by atoms with Gasteiger partial charge >= 0.3 is 0 Å². The second-order valence-corrected chi connectivity index (χ2v) is 9.22. The minimum Gasteiger partial charge on any atom is -0.457 e. The van der Waals surface area contributed by atoms with Crippen LogP contribution in [0.3, 0.4) is 0 Å². The molecule has 3 aromatic rings. The number of hydrogen-bond acceptors (Lipinski definition) is 7. The molecule has 1 fully saturated rings. The van der Waals surface area contributed by atoms with E-state index >= 15 is 0 Å². The minimum absolute atomic E-state index is 0.00969. The maximum atomic E-state index is 12.5. The normalized spacial score (nSPS) is 17.4. The van der Waals surface area contributed by atoms with Gasteiger partial charge in [-0.3, -0.25) is 14.9 Å². The van der Waals surface area contributed by atoms with Crippen LogP contribution in [-0.4, -0.2) is 47.1 Å². The number of carbonyl (C=O) groups excluding carboxylic acids is 1. The zero-order valence-electron chi connectivity index (χ0n) is 17.9. The Hall–Kier alpha value is -3.56. The van der Waals surface area contributed by atoms with Gasteiger partial charge in [-0.1, -0.05) is 23.7 Å². The van der Waals surface area contributed by atoms with Gasteiger partial charge < -0.3 is 14.2 Å². The van der Waals surface area contributed by atoms with E-state index < -0.39 is 4.92 Å². The molecule has 2 aliphatic heterocycles. The Bertz CT molecular complexity index is 1310. The Balaban J connectivity index is 1.24. The van der Waals surface area contributed by atoms with Crippen molar-refractivity contribution >= 4 is 51.9 Å². The van der Waals surface area contributed by atoms with Gasteiger partial charge in [-0.25, -0.2) is 0 Å². The van der Waals surface area contributed by atoms with Crippen molar-refractivity contribution in [2.45, 2.75) is 0 Å². The molecule has 2 aromatic carbocycles. The molecule has 3 heterocycles. The standard InChI is InChI=1S/C24H19ClN4O4S/c25-17-4-6-18(7-5-17)27-10-12-28(13-11-27)24-26-23(30)22(34-24)15-20-8-9-21(33-20)16-2-1-3-19(14-16)29(31)32/h1-9,14-15H,10-13H2/b22-15+. The highest BCUT2D eigenvalue weighted by atomic mass is 35.5. The van der Waals surface area contributed by atoms with Crippen LogP contribution in [0.4, 0.5) is 11.4 Å². The van der Waals surface area contributed by atoms with E-state index in [1.165, 1.54) is 23.9 Å². The first-order chi connectivity index (χ1) is 16.5. The number of benzene rings is 2. The molecule has 0 radical (unpaired) electrons. The average molecular weight is 495 g/mol. The third-order valence-electron chi connectivity index (χ3n) is 5.59. The summed E-state index contributed by atoms with van der Waals surface area (Å²) in [5.41, 5.74) is 1.71. The van der Waals surface area contributed by atoms with Crippen LogP contribution in [0.5, 0.6) is 0 Å². The molecule has 0 atom stereocenters. The van der Waals surface area contributed by atoms with E-state index in [0.29, 0.717) is 32.2 Å². The van der Waals surface area contributed by atoms with Crippen LogP contribution in [0.1, 0.15) is 5.76 Å². The van der Waals surface area contributed by atoms with Crippen LogP contribution in [0.15, 0.2) is 75.0 Å². The minimum atomic E-state index is -0.447. The zero-order chi connectivity index (χ0) is 23.7. The maximum Gasteiger partial charge on any atom is 0.286 e. The van der Waals surface area contributed by atoms with Crippen molar-refractivity contribution in [2.24, 2.45) is 4.99 Å². The van der Waals surface area contributed by atoms with E-state index in [-0.39, 0.29) is 11.6 Å². The number of nitro groups is 1. The molecule has 0 aliphatic carbocycles. The SMILES string of the molecule is O=C1N=C(N2CCN(c3ccc(Cl)cc3)CC2)S/C1=C/c1ccc(-c2cccc([N+](=O)[O-])c2)o1. The lowest BCUT2D eigenvalue weighted by Crippen LogP contribution is -2.47. The van der Waals surface area contributed by atoms with E-state index in [4.69, 9.17) is 16.0 Å². The molecule has 0 N–H and O–H groups in total. The second kappa shape index (κ2) is 9.36. The monoisotopic (exact) mass is 494 g/mol. The summed E-state index contributed by atoms with van der Waals surface area (Å²) >= 11 is 7.31. The second-order valence-electron chi connectivity index (χ2n) is 7.77. The average Bonchev–Trinajstić information content (AvgIpc) is 3.47. The van der Waals surface area contributed by atoms with Crippen molar-refractivity contribution in [3.05, 3.63) is 86.5 Å². The number of piperazine rings is 1. The summed E-state index contributed by atoms with van der Waals surface area (Å²) < 4.78 is 5.82. The Morgan fingerprint density at radius 2 is 1.76 bits per heavy atom. The van der Waals surface area contributed by atoms with Gasteiger partial charge in [-0.2, -0.15) is 4.99 Å². The van der Waals surface area contributed by atoms with Crippen LogP contribution in [-0.2, 0) is 4.79 Å². The Kier molecular flexibility index (Phi) is 6.12. The van der Waals surface area contributed by atoms with E-state index in [1.807, 2.05) is 24.3 Å². The maximum absolute atomic E-state index is 12.5. The number of rotatable bonds is 4. The third-order valence-corrected chi connectivity index (χ3v) is 6.89. The third kappa shape index (κ3) is 4.71. The number of nitrogens with zero attached hydrogens (tertiary/aromatic N) is 4. The summed E-state index contributed by atoms with van der Waals surface area (Å²) in [6, 6.07) is 17.5. The highest BCUT2D eigenvalue weighted by Crippen LogP contribution is 2.33. The van der Waals surface area contributed by atoms with Crippen LogP contribution in [0.25, 0.3) is 17.4 Å². The summed E-state index contributed by atoms with van der Waals surface area (Å²) in [4.78, 5) is 32.2. The van der Waals surface area contributed by atoms with Crippen molar-refractivity contribution in [1.29, 1.82) is 0 Å². The van der Waals surface area contributed by atoms with Crippen LogP contribution < -0.4 is 4.90 Å². The van der Waals surface area contributed by atoms with Crippen LogP contribution >= 0.6 is 23.4 Å². The fraction of sp³-hybridized carbons (Fsp3) is 0.167. The van der Waals surface area contributed by atoms with Crippen LogP contribution in [0.2, 0.25) is 5.02 Å². The van der Waals surface area contributed by atoms with Crippen LogP contribution in [0, 0.1) is 10.1 Å². The molecule has 0 unspecified atom stereocenters. The molecular weight excluding hydrogens is 476 g/mol. The Morgan fingerprint density at radius 1 is 1.03 bits per heavy atom. The summed E-state index contributed by atoms with van der Waals surface area (Å²) in [6.45, 7) is 3.15. The number of carbonyl (C=O) groups is 1. The molecule has 8 nitrogen and oxygen atoms in total. The van der Waals surface area contributed by atoms with E-state index in [0.717, 1.165) is 31.9 Å². The largest absolute Gasteiger partial charge is 0.457 e. The number of aliphatic imine (C=N–C) groups is 1. The number of amidine groups is 1. The topological polar surface area (TPSA) is 92.2 Å². The fourth-order valence-corrected chi connectivity index (χ4v) is 4.90. The highest BCUT2D eigenvalue weighted by molar-refractivity contribution is 8.18. The van der Waals surface area contributed by atoms with Gasteiger partial charge in [-0.05, 0) is 48.2 Å². The van der Waals surface area contributed by atoms with Gasteiger partial charge in [0.2, 0.25) is 0 Å². The molecule has 0 saturated carbocycles. The molecule has 2 aliphatic rings. The number of non-ortho nitro benzene ring substituents is 1. The van der Waals surface area contributed by atoms with Crippen molar-refractivity contribution in [3.63, 3.8) is 0 Å². The number of furan rings is 1.